The zero-order valence-corrected chi connectivity index (χ0v) is 12.3. The third kappa shape index (κ3) is 3.51. The summed E-state index contributed by atoms with van der Waals surface area (Å²) in [6, 6.07) is 8.00. The Hall–Kier alpha value is -1.55. The standard InChI is InChI=1S/C16H24N2O2/c1-3-17-14(16(19)20)8-9-18-11-12(2)10-13-6-4-5-7-15(13)18/h4-7,12,14,17H,3,8-11H2,1-2H3,(H,19,20). The number of carboxylic acids is 1. The Bertz CT molecular complexity index is 462. The van der Waals surface area contributed by atoms with Gasteiger partial charge in [0.05, 0.1) is 0 Å². The van der Waals surface area contributed by atoms with Crippen molar-refractivity contribution in [2.24, 2.45) is 5.92 Å². The number of rotatable bonds is 6. The summed E-state index contributed by atoms with van der Waals surface area (Å²) < 4.78 is 0. The summed E-state index contributed by atoms with van der Waals surface area (Å²) in [5, 5.41) is 12.2. The number of hydrogen-bond acceptors (Lipinski definition) is 3. The molecule has 2 rings (SSSR count). The van der Waals surface area contributed by atoms with Crippen LogP contribution in [0.5, 0.6) is 0 Å². The predicted octanol–water partition coefficient (Wildman–Crippen LogP) is 2.14. The smallest absolute Gasteiger partial charge is 0.320 e. The Morgan fingerprint density at radius 2 is 2.25 bits per heavy atom. The van der Waals surface area contributed by atoms with Gasteiger partial charge in [-0.3, -0.25) is 4.79 Å². The van der Waals surface area contributed by atoms with E-state index >= 15 is 0 Å². The van der Waals surface area contributed by atoms with Crippen LogP contribution in [0.15, 0.2) is 24.3 Å². The molecule has 1 aromatic carbocycles. The molecule has 0 aromatic heterocycles. The molecule has 0 spiro atoms. The minimum absolute atomic E-state index is 0.454. The average Bonchev–Trinajstić information content (AvgIpc) is 2.42. The van der Waals surface area contributed by atoms with Crippen LogP contribution in [0.1, 0.15) is 25.8 Å². The van der Waals surface area contributed by atoms with E-state index in [-0.39, 0.29) is 0 Å². The molecule has 0 aliphatic carbocycles. The molecule has 1 heterocycles. The van der Waals surface area contributed by atoms with Gasteiger partial charge in [0.25, 0.3) is 0 Å². The summed E-state index contributed by atoms with van der Waals surface area (Å²) in [6.45, 7) is 6.67. The summed E-state index contributed by atoms with van der Waals surface area (Å²) in [4.78, 5) is 13.5. The summed E-state index contributed by atoms with van der Waals surface area (Å²) in [5.74, 6) is -0.141. The second kappa shape index (κ2) is 6.75. The van der Waals surface area contributed by atoms with Gasteiger partial charge in [-0.2, -0.15) is 0 Å². The van der Waals surface area contributed by atoms with Crippen molar-refractivity contribution in [2.75, 3.05) is 24.5 Å². The highest BCUT2D eigenvalue weighted by Crippen LogP contribution is 2.29. The van der Waals surface area contributed by atoms with Gasteiger partial charge in [-0.1, -0.05) is 32.0 Å². The summed E-state index contributed by atoms with van der Waals surface area (Å²) >= 11 is 0. The lowest BCUT2D eigenvalue weighted by molar-refractivity contribution is -0.139. The van der Waals surface area contributed by atoms with E-state index in [1.807, 2.05) is 6.92 Å². The first kappa shape index (κ1) is 14.9. The van der Waals surface area contributed by atoms with Gasteiger partial charge < -0.3 is 15.3 Å². The fraction of sp³-hybridized carbons (Fsp3) is 0.562. The van der Waals surface area contributed by atoms with Gasteiger partial charge in [-0.25, -0.2) is 0 Å². The number of para-hydroxylation sites is 1. The molecule has 2 N–H and O–H groups in total. The number of nitrogens with zero attached hydrogens (tertiary/aromatic N) is 1. The van der Waals surface area contributed by atoms with Crippen LogP contribution in [-0.2, 0) is 11.2 Å². The molecule has 0 fully saturated rings. The van der Waals surface area contributed by atoms with Crippen LogP contribution in [0.4, 0.5) is 5.69 Å². The summed E-state index contributed by atoms with van der Waals surface area (Å²) in [5.41, 5.74) is 2.65. The number of carboxylic acid groups (broad SMARTS) is 1. The van der Waals surface area contributed by atoms with Gasteiger partial charge in [0.15, 0.2) is 0 Å². The fourth-order valence-electron chi connectivity index (χ4n) is 2.96. The Morgan fingerprint density at radius 1 is 1.50 bits per heavy atom. The maximum atomic E-state index is 11.2. The van der Waals surface area contributed by atoms with Crippen molar-refractivity contribution in [1.82, 2.24) is 5.32 Å². The van der Waals surface area contributed by atoms with Crippen molar-refractivity contribution in [1.29, 1.82) is 0 Å². The van der Waals surface area contributed by atoms with Crippen molar-refractivity contribution < 1.29 is 9.90 Å². The van der Waals surface area contributed by atoms with Gasteiger partial charge in [0.1, 0.15) is 6.04 Å². The lowest BCUT2D eigenvalue weighted by Gasteiger charge is -2.35. The molecule has 0 saturated carbocycles. The van der Waals surface area contributed by atoms with E-state index in [0.717, 1.165) is 19.5 Å². The molecule has 0 radical (unpaired) electrons. The molecule has 2 atom stereocenters. The number of nitrogens with one attached hydrogen (secondary N) is 1. The van der Waals surface area contributed by atoms with E-state index in [0.29, 0.717) is 18.9 Å². The Morgan fingerprint density at radius 3 is 2.95 bits per heavy atom. The van der Waals surface area contributed by atoms with E-state index in [2.05, 4.69) is 41.4 Å². The van der Waals surface area contributed by atoms with Crippen LogP contribution in [0.2, 0.25) is 0 Å². The Kier molecular flexibility index (Phi) is 5.01. The van der Waals surface area contributed by atoms with Crippen LogP contribution in [-0.4, -0.2) is 36.8 Å². The molecule has 0 amide bonds. The summed E-state index contributed by atoms with van der Waals surface area (Å²) in [7, 11) is 0. The minimum Gasteiger partial charge on any atom is -0.480 e. The Labute approximate surface area is 120 Å². The SMILES string of the molecule is CCNC(CCN1CC(C)Cc2ccccc21)C(=O)O. The highest BCUT2D eigenvalue weighted by molar-refractivity contribution is 5.73. The molecule has 110 valence electrons. The van der Waals surface area contributed by atoms with Gasteiger partial charge >= 0.3 is 5.97 Å². The van der Waals surface area contributed by atoms with Gasteiger partial charge in [-0.15, -0.1) is 0 Å². The molecule has 20 heavy (non-hydrogen) atoms. The topological polar surface area (TPSA) is 52.6 Å². The highest BCUT2D eigenvalue weighted by Gasteiger charge is 2.23. The zero-order valence-electron chi connectivity index (χ0n) is 12.3. The van der Waals surface area contributed by atoms with Gasteiger partial charge in [0.2, 0.25) is 0 Å². The maximum Gasteiger partial charge on any atom is 0.320 e. The second-order valence-electron chi connectivity index (χ2n) is 5.62. The molecule has 1 aliphatic heterocycles. The number of hydrogen-bond donors (Lipinski definition) is 2. The molecule has 1 aromatic rings. The largest absolute Gasteiger partial charge is 0.480 e. The predicted molar refractivity (Wildman–Crippen MR) is 81.2 cm³/mol. The number of carbonyl (C=O) groups is 1. The lowest BCUT2D eigenvalue weighted by atomic mass is 9.93. The summed E-state index contributed by atoms with van der Waals surface area (Å²) in [6.07, 6.45) is 1.74. The monoisotopic (exact) mass is 276 g/mol. The van der Waals surface area contributed by atoms with Crippen LogP contribution in [0.3, 0.4) is 0 Å². The van der Waals surface area contributed by atoms with E-state index < -0.39 is 12.0 Å². The number of likely N-dealkylation sites (N-methyl/N-ethyl adjacent to an activating group) is 1. The number of anilines is 1. The Balaban J connectivity index is 2.04. The molecule has 1 aliphatic rings. The third-order valence-corrected chi connectivity index (χ3v) is 3.87. The van der Waals surface area contributed by atoms with E-state index in [1.165, 1.54) is 11.3 Å². The first-order chi connectivity index (χ1) is 9.61. The van der Waals surface area contributed by atoms with Gasteiger partial charge in [-0.05, 0) is 36.9 Å². The minimum atomic E-state index is -0.759. The number of aliphatic carboxylic acids is 1. The molecule has 2 unspecified atom stereocenters. The maximum absolute atomic E-state index is 11.2. The number of benzene rings is 1. The van der Waals surface area contributed by atoms with E-state index in [4.69, 9.17) is 0 Å². The zero-order chi connectivity index (χ0) is 14.5. The second-order valence-corrected chi connectivity index (χ2v) is 5.62. The molecule has 0 bridgehead atoms. The fourth-order valence-corrected chi connectivity index (χ4v) is 2.96. The van der Waals surface area contributed by atoms with Crippen LogP contribution < -0.4 is 10.2 Å². The third-order valence-electron chi connectivity index (χ3n) is 3.87. The highest BCUT2D eigenvalue weighted by atomic mass is 16.4. The first-order valence-corrected chi connectivity index (χ1v) is 7.40. The van der Waals surface area contributed by atoms with Crippen molar-refractivity contribution in [3.05, 3.63) is 29.8 Å². The van der Waals surface area contributed by atoms with Crippen LogP contribution >= 0.6 is 0 Å². The van der Waals surface area contributed by atoms with Crippen molar-refractivity contribution in [3.63, 3.8) is 0 Å². The van der Waals surface area contributed by atoms with Crippen molar-refractivity contribution in [3.8, 4) is 0 Å². The molecule has 0 saturated heterocycles. The van der Waals surface area contributed by atoms with E-state index in [1.54, 1.807) is 0 Å². The van der Waals surface area contributed by atoms with Crippen molar-refractivity contribution >= 4 is 11.7 Å². The normalized spacial score (nSPS) is 19.5. The van der Waals surface area contributed by atoms with Crippen molar-refractivity contribution in [2.45, 2.75) is 32.7 Å². The number of fused-ring (bicyclic) bond motifs is 1. The molecular formula is C16H24N2O2. The van der Waals surface area contributed by atoms with Crippen LogP contribution in [0.25, 0.3) is 0 Å². The quantitative estimate of drug-likeness (QED) is 0.836. The molecular weight excluding hydrogens is 252 g/mol. The molecule has 4 heteroatoms. The van der Waals surface area contributed by atoms with Gasteiger partial charge in [0, 0.05) is 18.8 Å². The first-order valence-electron chi connectivity index (χ1n) is 7.40. The lowest BCUT2D eigenvalue weighted by Crippen LogP contribution is -2.42. The molecule has 4 nitrogen and oxygen atoms in total. The van der Waals surface area contributed by atoms with E-state index in [9.17, 15) is 9.90 Å². The van der Waals surface area contributed by atoms with Crippen LogP contribution in [0, 0.1) is 5.92 Å². The average molecular weight is 276 g/mol.